The van der Waals surface area contributed by atoms with Gasteiger partial charge in [-0.25, -0.2) is 3.11 Å². The van der Waals surface area contributed by atoms with E-state index in [0.29, 0.717) is 6.54 Å². The van der Waals surface area contributed by atoms with E-state index in [2.05, 4.69) is 47.1 Å². The SMILES string of the molecule is COc1cccc(CCCCCCCCCc2ccccc2OCC(CN(C)I)OC(=O)CCC(=O)O)c1. The third-order valence-corrected chi connectivity index (χ3v) is 6.63. The topological polar surface area (TPSA) is 85.3 Å². The number of esters is 1. The molecular weight excluding hydrogens is 597 g/mol. The molecule has 0 amide bonds. The van der Waals surface area contributed by atoms with Crippen LogP contribution in [0.4, 0.5) is 0 Å². The lowest BCUT2D eigenvalue weighted by Crippen LogP contribution is -2.33. The van der Waals surface area contributed by atoms with E-state index in [4.69, 9.17) is 19.3 Å². The predicted molar refractivity (Wildman–Crippen MR) is 158 cm³/mol. The molecule has 0 aromatic heterocycles. The average Bonchev–Trinajstić information content (AvgIpc) is 2.90. The van der Waals surface area contributed by atoms with Gasteiger partial charge in [-0.05, 0) is 62.1 Å². The van der Waals surface area contributed by atoms with Crippen molar-refractivity contribution in [3.8, 4) is 11.5 Å². The quantitative estimate of drug-likeness (QED) is 0.0752. The number of carbonyl (C=O) groups is 2. The summed E-state index contributed by atoms with van der Waals surface area (Å²) in [5, 5.41) is 8.79. The van der Waals surface area contributed by atoms with Gasteiger partial charge < -0.3 is 19.3 Å². The second-order valence-corrected chi connectivity index (χ2v) is 11.2. The minimum absolute atomic E-state index is 0.143. The molecule has 0 aliphatic carbocycles. The number of halogens is 1. The van der Waals surface area contributed by atoms with Gasteiger partial charge >= 0.3 is 11.9 Å². The number of likely N-dealkylation sites (N-methyl/N-ethyl adjacent to an activating group) is 1. The number of carboxylic acid groups (broad SMARTS) is 1. The largest absolute Gasteiger partial charge is 0.497 e. The molecule has 0 saturated carbocycles. The number of unbranched alkanes of at least 4 members (excludes halogenated alkanes) is 6. The fourth-order valence-electron chi connectivity index (χ4n) is 4.25. The highest BCUT2D eigenvalue weighted by Gasteiger charge is 2.18. The Labute approximate surface area is 241 Å². The number of aryl methyl sites for hydroxylation is 2. The fourth-order valence-corrected chi connectivity index (χ4v) is 4.69. The van der Waals surface area contributed by atoms with Crippen LogP contribution >= 0.6 is 22.9 Å². The van der Waals surface area contributed by atoms with Crippen molar-refractivity contribution in [2.75, 3.05) is 27.3 Å². The van der Waals surface area contributed by atoms with Crippen molar-refractivity contribution in [1.29, 1.82) is 0 Å². The summed E-state index contributed by atoms with van der Waals surface area (Å²) in [6.07, 6.45) is 9.70. The highest BCUT2D eigenvalue weighted by molar-refractivity contribution is 14.1. The first-order chi connectivity index (χ1) is 18.4. The lowest BCUT2D eigenvalue weighted by atomic mass is 10.0. The number of benzene rings is 2. The molecule has 0 aliphatic rings. The van der Waals surface area contributed by atoms with E-state index < -0.39 is 18.0 Å². The summed E-state index contributed by atoms with van der Waals surface area (Å²) >= 11 is 2.13. The van der Waals surface area contributed by atoms with Crippen LogP contribution in [0, 0.1) is 0 Å². The molecule has 0 radical (unpaired) electrons. The van der Waals surface area contributed by atoms with Gasteiger partial charge in [0.05, 0.1) is 20.0 Å². The molecule has 210 valence electrons. The summed E-state index contributed by atoms with van der Waals surface area (Å²) in [5.74, 6) is 0.207. The summed E-state index contributed by atoms with van der Waals surface area (Å²) in [7, 11) is 3.59. The summed E-state index contributed by atoms with van der Waals surface area (Å²) in [6.45, 7) is 0.708. The summed E-state index contributed by atoms with van der Waals surface area (Å²) in [4.78, 5) is 22.7. The highest BCUT2D eigenvalue weighted by atomic mass is 127. The Morgan fingerprint density at radius 1 is 0.921 bits per heavy atom. The van der Waals surface area contributed by atoms with Crippen LogP contribution in [0.1, 0.15) is 68.9 Å². The Morgan fingerprint density at radius 2 is 1.61 bits per heavy atom. The fraction of sp³-hybridized carbons (Fsp3) is 0.533. The molecule has 0 fully saturated rings. The lowest BCUT2D eigenvalue weighted by Gasteiger charge is -2.21. The number of methoxy groups -OCH3 is 1. The van der Waals surface area contributed by atoms with Crippen LogP contribution < -0.4 is 9.47 Å². The monoisotopic (exact) mass is 639 g/mol. The van der Waals surface area contributed by atoms with Crippen LogP contribution in [0.5, 0.6) is 11.5 Å². The molecule has 0 spiro atoms. The summed E-state index contributed by atoms with van der Waals surface area (Å²) < 4.78 is 18.7. The van der Waals surface area contributed by atoms with Gasteiger partial charge in [-0.2, -0.15) is 0 Å². The number of hydrogen-bond acceptors (Lipinski definition) is 6. The third kappa shape index (κ3) is 14.0. The number of aliphatic carboxylic acids is 1. The second-order valence-electron chi connectivity index (χ2n) is 9.54. The summed E-state index contributed by atoms with van der Waals surface area (Å²) in [5.41, 5.74) is 2.50. The zero-order valence-electron chi connectivity index (χ0n) is 22.7. The number of rotatable bonds is 20. The molecule has 1 N–H and O–H groups in total. The van der Waals surface area contributed by atoms with Crippen molar-refractivity contribution in [3.05, 3.63) is 59.7 Å². The smallest absolute Gasteiger partial charge is 0.306 e. The van der Waals surface area contributed by atoms with E-state index in [-0.39, 0.29) is 19.4 Å². The standard InChI is InChI=1S/C30H42INO6/c1-32(31)22-27(38-30(35)20-19-29(33)34)23-37-28-18-11-10-16-25(28)15-9-7-5-3-4-6-8-13-24-14-12-17-26(21-24)36-2/h10-12,14,16-18,21,27H,3-9,13,15,19-20,22-23H2,1-2H3,(H,33,34). The van der Waals surface area contributed by atoms with Gasteiger partial charge in [0.2, 0.25) is 0 Å². The molecule has 1 unspecified atom stereocenters. The first-order valence-electron chi connectivity index (χ1n) is 13.5. The molecule has 1 atom stereocenters. The van der Waals surface area contributed by atoms with Crippen molar-refractivity contribution in [1.82, 2.24) is 3.11 Å². The molecule has 0 bridgehead atoms. The Balaban J connectivity index is 1.67. The molecule has 0 saturated heterocycles. The van der Waals surface area contributed by atoms with E-state index in [1.807, 2.05) is 34.4 Å². The zero-order chi connectivity index (χ0) is 27.6. The number of ether oxygens (including phenoxy) is 3. The molecule has 2 aromatic rings. The van der Waals surface area contributed by atoms with Crippen LogP contribution in [0.15, 0.2) is 48.5 Å². The van der Waals surface area contributed by atoms with Crippen molar-refractivity contribution < 1.29 is 28.9 Å². The minimum Gasteiger partial charge on any atom is -0.497 e. The Morgan fingerprint density at radius 3 is 2.29 bits per heavy atom. The number of nitrogens with zero attached hydrogens (tertiary/aromatic N) is 1. The van der Waals surface area contributed by atoms with Gasteiger partial charge in [0.25, 0.3) is 0 Å². The second kappa shape index (κ2) is 18.8. The van der Waals surface area contributed by atoms with Gasteiger partial charge in [0.15, 0.2) is 0 Å². The minimum atomic E-state index is -1.01. The predicted octanol–water partition coefficient (Wildman–Crippen LogP) is 6.65. The maximum absolute atomic E-state index is 12.0. The van der Waals surface area contributed by atoms with Crippen LogP contribution in [-0.4, -0.2) is 53.6 Å². The molecule has 7 nitrogen and oxygen atoms in total. The molecular formula is C30H42INO6. The van der Waals surface area contributed by atoms with Crippen LogP contribution in [0.2, 0.25) is 0 Å². The number of carboxylic acids is 1. The Kier molecular flexibility index (Phi) is 15.8. The molecule has 0 heterocycles. The van der Waals surface area contributed by atoms with Crippen LogP contribution in [0.25, 0.3) is 0 Å². The molecule has 2 aromatic carbocycles. The van der Waals surface area contributed by atoms with E-state index >= 15 is 0 Å². The van der Waals surface area contributed by atoms with Crippen molar-refractivity contribution >= 4 is 34.8 Å². The van der Waals surface area contributed by atoms with Crippen molar-refractivity contribution in [3.63, 3.8) is 0 Å². The van der Waals surface area contributed by atoms with E-state index in [1.54, 1.807) is 7.11 Å². The van der Waals surface area contributed by atoms with Crippen LogP contribution in [0.3, 0.4) is 0 Å². The van der Waals surface area contributed by atoms with Crippen molar-refractivity contribution in [2.45, 2.75) is 76.7 Å². The highest BCUT2D eigenvalue weighted by Crippen LogP contribution is 2.22. The van der Waals surface area contributed by atoms with E-state index in [9.17, 15) is 9.59 Å². The molecule has 0 aliphatic heterocycles. The number of hydrogen-bond donors (Lipinski definition) is 1. The van der Waals surface area contributed by atoms with Gasteiger partial charge in [0, 0.05) is 29.4 Å². The average molecular weight is 640 g/mol. The van der Waals surface area contributed by atoms with E-state index in [0.717, 1.165) is 36.3 Å². The normalized spacial score (nSPS) is 11.8. The summed E-state index contributed by atoms with van der Waals surface area (Å²) in [6, 6.07) is 16.3. The number of para-hydroxylation sites is 1. The first-order valence-corrected chi connectivity index (χ1v) is 14.5. The Hall–Kier alpha value is -2.33. The lowest BCUT2D eigenvalue weighted by molar-refractivity contribution is -0.153. The van der Waals surface area contributed by atoms with Gasteiger partial charge in [-0.15, -0.1) is 0 Å². The maximum atomic E-state index is 12.0. The first kappa shape index (κ1) is 31.9. The van der Waals surface area contributed by atoms with Crippen molar-refractivity contribution in [2.24, 2.45) is 0 Å². The molecule has 38 heavy (non-hydrogen) atoms. The zero-order valence-corrected chi connectivity index (χ0v) is 24.9. The Bertz CT molecular complexity index is 967. The third-order valence-electron chi connectivity index (χ3n) is 6.24. The van der Waals surface area contributed by atoms with Crippen LogP contribution in [-0.2, 0) is 27.2 Å². The van der Waals surface area contributed by atoms with Gasteiger partial charge in [-0.1, -0.05) is 62.4 Å². The number of carbonyl (C=O) groups excluding carboxylic acids is 1. The molecule has 8 heteroatoms. The van der Waals surface area contributed by atoms with Gasteiger partial charge in [-0.3, -0.25) is 9.59 Å². The van der Waals surface area contributed by atoms with Gasteiger partial charge in [0.1, 0.15) is 24.2 Å². The molecule has 2 rings (SSSR count). The maximum Gasteiger partial charge on any atom is 0.306 e. The van der Waals surface area contributed by atoms with E-state index in [1.165, 1.54) is 44.1 Å².